The quantitative estimate of drug-likeness (QED) is 0.320. The van der Waals surface area contributed by atoms with E-state index in [0.717, 1.165) is 4.31 Å². The maximum atomic E-state index is 13.6. The molecule has 4 rings (SSSR count). The lowest BCUT2D eigenvalue weighted by Gasteiger charge is -2.25. The summed E-state index contributed by atoms with van der Waals surface area (Å²) >= 11 is 0. The highest BCUT2D eigenvalue weighted by Gasteiger charge is 2.46. The summed E-state index contributed by atoms with van der Waals surface area (Å²) < 4.78 is 39.4. The second-order valence-electron chi connectivity index (χ2n) is 8.15. The molecule has 1 aliphatic rings. The first-order valence-electron chi connectivity index (χ1n) is 10.6. The van der Waals surface area contributed by atoms with Crippen molar-refractivity contribution >= 4 is 27.5 Å². The van der Waals surface area contributed by atoms with Crippen LogP contribution in [-0.2, 0) is 26.2 Å². The summed E-state index contributed by atoms with van der Waals surface area (Å²) in [5.74, 6) is -2.67. The van der Waals surface area contributed by atoms with Gasteiger partial charge in [-0.3, -0.25) is 14.6 Å². The van der Waals surface area contributed by atoms with Gasteiger partial charge in [0.15, 0.2) is 0 Å². The number of ketones is 1. The first kappa shape index (κ1) is 24.2. The molecule has 1 amide bonds. The van der Waals surface area contributed by atoms with Crippen LogP contribution < -0.4 is 0 Å². The molecule has 1 saturated heterocycles. The van der Waals surface area contributed by atoms with Gasteiger partial charge in [0.05, 0.1) is 16.5 Å². The fourth-order valence-electron chi connectivity index (χ4n) is 3.87. The van der Waals surface area contributed by atoms with E-state index in [0.29, 0.717) is 11.1 Å². The van der Waals surface area contributed by atoms with Crippen LogP contribution in [-0.4, -0.2) is 53.5 Å². The molecule has 8 nitrogen and oxygen atoms in total. The number of amides is 1. The molecule has 0 bridgehead atoms. The second kappa shape index (κ2) is 9.40. The summed E-state index contributed by atoms with van der Waals surface area (Å²) in [7, 11) is -0.897. The topological polar surface area (TPSA) is 108 Å². The molecule has 0 aliphatic carbocycles. The minimum Gasteiger partial charge on any atom is -0.507 e. The van der Waals surface area contributed by atoms with Crippen LogP contribution in [0.5, 0.6) is 0 Å². The first-order valence-corrected chi connectivity index (χ1v) is 12.0. The van der Waals surface area contributed by atoms with E-state index in [-0.39, 0.29) is 22.6 Å². The third-order valence-corrected chi connectivity index (χ3v) is 7.54. The molecule has 180 valence electrons. The van der Waals surface area contributed by atoms with Crippen LogP contribution in [0.3, 0.4) is 0 Å². The normalized spacial score (nSPS) is 17.8. The van der Waals surface area contributed by atoms with Crippen LogP contribution in [0.2, 0.25) is 0 Å². The standard InChI is InChI=1S/C25H22FN3O5S/c1-28(2)35(33,34)20-11-7-18(8-12-20)23(30)21-22(17-5-9-19(26)10-6-17)29(25(32)24(21)31)15-16-4-3-13-27-14-16/h3-14,22,30H,15H2,1-2H3/b23-21+/t22-/m0/s1. The number of benzene rings is 2. The number of aliphatic hydroxyl groups is 1. The van der Waals surface area contributed by atoms with Gasteiger partial charge in [0.1, 0.15) is 11.6 Å². The predicted molar refractivity (Wildman–Crippen MR) is 126 cm³/mol. The molecule has 35 heavy (non-hydrogen) atoms. The van der Waals surface area contributed by atoms with Crippen LogP contribution in [0.1, 0.15) is 22.7 Å². The van der Waals surface area contributed by atoms with Crippen LogP contribution in [0, 0.1) is 5.82 Å². The molecule has 2 heterocycles. The van der Waals surface area contributed by atoms with Gasteiger partial charge in [-0.1, -0.05) is 18.2 Å². The van der Waals surface area contributed by atoms with Crippen molar-refractivity contribution in [2.75, 3.05) is 14.1 Å². The van der Waals surface area contributed by atoms with E-state index in [4.69, 9.17) is 0 Å². The Hall–Kier alpha value is -3.89. The van der Waals surface area contributed by atoms with Crippen molar-refractivity contribution in [1.82, 2.24) is 14.2 Å². The zero-order valence-corrected chi connectivity index (χ0v) is 19.7. The van der Waals surface area contributed by atoms with Crippen molar-refractivity contribution < 1.29 is 27.5 Å². The van der Waals surface area contributed by atoms with Crippen LogP contribution >= 0.6 is 0 Å². The fourth-order valence-corrected chi connectivity index (χ4v) is 4.78. The number of likely N-dealkylation sites (tertiary alicyclic amines) is 1. The Bertz CT molecular complexity index is 1400. The van der Waals surface area contributed by atoms with E-state index in [2.05, 4.69) is 4.98 Å². The molecule has 1 N–H and O–H groups in total. The highest BCUT2D eigenvalue weighted by molar-refractivity contribution is 7.89. The minimum atomic E-state index is -3.69. The average molecular weight is 496 g/mol. The summed E-state index contributed by atoms with van der Waals surface area (Å²) in [6.07, 6.45) is 3.14. The number of rotatable bonds is 6. The number of aromatic nitrogens is 1. The Morgan fingerprint density at radius 1 is 1.06 bits per heavy atom. The van der Waals surface area contributed by atoms with Crippen molar-refractivity contribution in [3.05, 3.63) is 101 Å². The van der Waals surface area contributed by atoms with E-state index in [1.807, 2.05) is 0 Å². The number of Topliss-reactive ketones (excluding diaryl/α,β-unsaturated/α-hetero) is 1. The summed E-state index contributed by atoms with van der Waals surface area (Å²) in [4.78, 5) is 31.4. The summed E-state index contributed by atoms with van der Waals surface area (Å²) in [5.41, 5.74) is 1.09. The number of hydrogen-bond donors (Lipinski definition) is 1. The Morgan fingerprint density at radius 3 is 2.29 bits per heavy atom. The van der Waals surface area contributed by atoms with E-state index in [1.165, 1.54) is 67.5 Å². The SMILES string of the molecule is CN(C)S(=O)(=O)c1ccc(/C(O)=C2\C(=O)C(=O)N(Cc3cccnc3)[C@H]2c2ccc(F)cc2)cc1. The molecule has 10 heteroatoms. The first-order chi connectivity index (χ1) is 16.6. The summed E-state index contributed by atoms with van der Waals surface area (Å²) in [5, 5.41) is 11.1. The average Bonchev–Trinajstić information content (AvgIpc) is 3.09. The van der Waals surface area contributed by atoms with Gasteiger partial charge < -0.3 is 10.0 Å². The lowest BCUT2D eigenvalue weighted by molar-refractivity contribution is -0.140. The van der Waals surface area contributed by atoms with Crippen molar-refractivity contribution in [2.24, 2.45) is 0 Å². The molecule has 0 radical (unpaired) electrons. The molecular formula is C25H22FN3O5S. The molecule has 2 aromatic carbocycles. The van der Waals surface area contributed by atoms with Crippen molar-refractivity contribution in [2.45, 2.75) is 17.5 Å². The largest absolute Gasteiger partial charge is 0.507 e. The Labute approximate surface area is 202 Å². The molecule has 0 spiro atoms. The number of hydrogen-bond acceptors (Lipinski definition) is 6. The summed E-state index contributed by atoms with van der Waals surface area (Å²) in [6.45, 7) is 0.0389. The van der Waals surface area contributed by atoms with Gasteiger partial charge in [0, 0.05) is 38.6 Å². The Kier molecular flexibility index (Phi) is 6.51. The molecule has 1 aromatic heterocycles. The van der Waals surface area contributed by atoms with Crippen molar-refractivity contribution in [3.63, 3.8) is 0 Å². The zero-order valence-electron chi connectivity index (χ0n) is 18.9. The van der Waals surface area contributed by atoms with Crippen LogP contribution in [0.15, 0.2) is 83.5 Å². The number of sulfonamides is 1. The third kappa shape index (κ3) is 4.58. The predicted octanol–water partition coefficient (Wildman–Crippen LogP) is 3.09. The van der Waals surface area contributed by atoms with E-state index in [9.17, 15) is 27.5 Å². The van der Waals surface area contributed by atoms with Gasteiger partial charge in [0.25, 0.3) is 11.7 Å². The van der Waals surface area contributed by atoms with Crippen LogP contribution in [0.25, 0.3) is 5.76 Å². The number of pyridine rings is 1. The van der Waals surface area contributed by atoms with Gasteiger partial charge in [-0.2, -0.15) is 0 Å². The molecule has 1 fully saturated rings. The van der Waals surface area contributed by atoms with Gasteiger partial charge >= 0.3 is 0 Å². The smallest absolute Gasteiger partial charge is 0.295 e. The number of carbonyl (C=O) groups is 2. The summed E-state index contributed by atoms with van der Waals surface area (Å²) in [6, 6.07) is 13.1. The minimum absolute atomic E-state index is 0.00571. The second-order valence-corrected chi connectivity index (χ2v) is 10.3. The number of aliphatic hydroxyl groups excluding tert-OH is 1. The monoisotopic (exact) mass is 495 g/mol. The molecular weight excluding hydrogens is 473 g/mol. The Morgan fingerprint density at radius 2 is 1.71 bits per heavy atom. The highest BCUT2D eigenvalue weighted by Crippen LogP contribution is 2.40. The Balaban J connectivity index is 1.82. The van der Waals surface area contributed by atoms with Gasteiger partial charge in [-0.25, -0.2) is 17.1 Å². The lowest BCUT2D eigenvalue weighted by Crippen LogP contribution is -2.29. The maximum absolute atomic E-state index is 13.6. The number of halogens is 1. The molecule has 1 atom stereocenters. The molecule has 0 unspecified atom stereocenters. The van der Waals surface area contributed by atoms with E-state index in [1.54, 1.807) is 24.5 Å². The lowest BCUT2D eigenvalue weighted by atomic mass is 9.95. The molecule has 0 saturated carbocycles. The number of carbonyl (C=O) groups excluding carboxylic acids is 2. The van der Waals surface area contributed by atoms with E-state index >= 15 is 0 Å². The van der Waals surface area contributed by atoms with Crippen LogP contribution in [0.4, 0.5) is 4.39 Å². The van der Waals surface area contributed by atoms with Crippen molar-refractivity contribution in [3.8, 4) is 0 Å². The number of nitrogens with zero attached hydrogens (tertiary/aromatic N) is 3. The maximum Gasteiger partial charge on any atom is 0.295 e. The highest BCUT2D eigenvalue weighted by atomic mass is 32.2. The van der Waals surface area contributed by atoms with E-state index < -0.39 is 39.3 Å². The molecule has 3 aromatic rings. The van der Waals surface area contributed by atoms with Crippen molar-refractivity contribution in [1.29, 1.82) is 0 Å². The fraction of sp³-hybridized carbons (Fsp3) is 0.160. The molecule has 1 aliphatic heterocycles. The zero-order chi connectivity index (χ0) is 25.3. The van der Waals surface area contributed by atoms with Gasteiger partial charge in [0.2, 0.25) is 10.0 Å². The van der Waals surface area contributed by atoms with Gasteiger partial charge in [-0.05, 0) is 53.6 Å². The third-order valence-electron chi connectivity index (χ3n) is 5.71. The van der Waals surface area contributed by atoms with Gasteiger partial charge in [-0.15, -0.1) is 0 Å².